The summed E-state index contributed by atoms with van der Waals surface area (Å²) in [5, 5.41) is 0.0471. The number of hydrogen-bond acceptors (Lipinski definition) is 5. The summed E-state index contributed by atoms with van der Waals surface area (Å²) in [5.41, 5.74) is 1.23. The lowest BCUT2D eigenvalue weighted by Gasteiger charge is -2.29. The molecule has 1 fully saturated rings. The Morgan fingerprint density at radius 2 is 2.09 bits per heavy atom. The van der Waals surface area contributed by atoms with Gasteiger partial charge in [-0.05, 0) is 31.9 Å². The Morgan fingerprint density at radius 1 is 1.36 bits per heavy atom. The fourth-order valence-corrected chi connectivity index (χ4v) is 3.22. The van der Waals surface area contributed by atoms with Crippen molar-refractivity contribution in [2.75, 3.05) is 37.7 Å². The Morgan fingerprint density at radius 3 is 2.77 bits per heavy atom. The van der Waals surface area contributed by atoms with E-state index in [1.54, 1.807) is 6.07 Å². The highest BCUT2D eigenvalue weighted by Gasteiger charge is 2.19. The Bertz CT molecular complexity index is 606. The standard InChI is InChI=1S/C15H23N3O3S/c1-3-21-12-9-16-22(19,20)15-6-4-5-14(17-15)18-10-7-13(2)8-11-18/h4-6,16H,2-3,7-12H2,1H3. The molecule has 1 N–H and O–H groups in total. The molecule has 1 saturated heterocycles. The third-order valence-corrected chi connectivity index (χ3v) is 4.88. The summed E-state index contributed by atoms with van der Waals surface area (Å²) >= 11 is 0. The number of sulfonamides is 1. The van der Waals surface area contributed by atoms with Gasteiger partial charge in [0.1, 0.15) is 5.82 Å². The molecule has 7 heteroatoms. The molecule has 0 atom stereocenters. The first-order valence-corrected chi connectivity index (χ1v) is 8.97. The first-order valence-electron chi connectivity index (χ1n) is 7.49. The maximum atomic E-state index is 12.2. The van der Waals surface area contributed by atoms with Crippen LogP contribution in [0.15, 0.2) is 35.4 Å². The molecule has 1 aliphatic heterocycles. The summed E-state index contributed by atoms with van der Waals surface area (Å²) in [7, 11) is -3.60. The van der Waals surface area contributed by atoms with Gasteiger partial charge in [0.2, 0.25) is 0 Å². The van der Waals surface area contributed by atoms with E-state index in [-0.39, 0.29) is 11.6 Å². The number of nitrogens with one attached hydrogen (secondary N) is 1. The van der Waals surface area contributed by atoms with Crippen molar-refractivity contribution in [3.8, 4) is 0 Å². The van der Waals surface area contributed by atoms with Crippen LogP contribution in [-0.2, 0) is 14.8 Å². The second kappa shape index (κ2) is 7.71. The summed E-state index contributed by atoms with van der Waals surface area (Å²) in [5.74, 6) is 0.695. The maximum absolute atomic E-state index is 12.2. The molecule has 0 aromatic carbocycles. The second-order valence-corrected chi connectivity index (χ2v) is 6.88. The quantitative estimate of drug-likeness (QED) is 0.608. The highest BCUT2D eigenvalue weighted by atomic mass is 32.2. The van der Waals surface area contributed by atoms with E-state index in [0.717, 1.165) is 25.9 Å². The zero-order valence-corrected chi connectivity index (χ0v) is 13.7. The third kappa shape index (κ3) is 4.53. The smallest absolute Gasteiger partial charge is 0.258 e. The van der Waals surface area contributed by atoms with Crippen LogP contribution >= 0.6 is 0 Å². The molecule has 0 amide bonds. The predicted molar refractivity (Wildman–Crippen MR) is 86.5 cm³/mol. The van der Waals surface area contributed by atoms with Crippen LogP contribution < -0.4 is 9.62 Å². The van der Waals surface area contributed by atoms with E-state index in [1.807, 2.05) is 13.0 Å². The van der Waals surface area contributed by atoms with E-state index in [2.05, 4.69) is 21.2 Å². The molecule has 0 unspecified atom stereocenters. The van der Waals surface area contributed by atoms with Gasteiger partial charge in [-0.2, -0.15) is 0 Å². The van der Waals surface area contributed by atoms with Crippen molar-refractivity contribution in [3.05, 3.63) is 30.4 Å². The Kier molecular flexibility index (Phi) is 5.93. The molecule has 1 aliphatic rings. The lowest BCUT2D eigenvalue weighted by molar-refractivity contribution is 0.153. The maximum Gasteiger partial charge on any atom is 0.258 e. The predicted octanol–water partition coefficient (Wildman–Crippen LogP) is 1.55. The number of piperidine rings is 1. The molecule has 1 aromatic heterocycles. The first-order chi connectivity index (χ1) is 10.5. The van der Waals surface area contributed by atoms with E-state index in [1.165, 1.54) is 11.6 Å². The molecule has 0 radical (unpaired) electrons. The molecule has 0 aliphatic carbocycles. The highest BCUT2D eigenvalue weighted by molar-refractivity contribution is 7.89. The zero-order chi connectivity index (χ0) is 16.0. The summed E-state index contributed by atoms with van der Waals surface area (Å²) in [6.07, 6.45) is 1.84. The average molecular weight is 325 g/mol. The molecule has 0 bridgehead atoms. The van der Waals surface area contributed by atoms with Crippen molar-refractivity contribution in [1.29, 1.82) is 0 Å². The second-order valence-electron chi connectivity index (χ2n) is 5.17. The summed E-state index contributed by atoms with van der Waals surface area (Å²) in [6, 6.07) is 5.07. The van der Waals surface area contributed by atoms with Crippen LogP contribution in [0, 0.1) is 0 Å². The number of hydrogen-bond donors (Lipinski definition) is 1. The van der Waals surface area contributed by atoms with E-state index in [0.29, 0.717) is 19.0 Å². The van der Waals surface area contributed by atoms with Gasteiger partial charge in [0, 0.05) is 26.2 Å². The van der Waals surface area contributed by atoms with E-state index < -0.39 is 10.0 Å². The first kappa shape index (κ1) is 16.9. The normalized spacial score (nSPS) is 16.0. The number of rotatable bonds is 7. The molecule has 0 spiro atoms. The lowest BCUT2D eigenvalue weighted by Crippen LogP contribution is -2.32. The Balaban J connectivity index is 2.05. The number of nitrogens with zero attached hydrogens (tertiary/aromatic N) is 2. The number of anilines is 1. The molecule has 122 valence electrons. The van der Waals surface area contributed by atoms with Gasteiger partial charge in [-0.1, -0.05) is 18.2 Å². The number of ether oxygens (including phenoxy) is 1. The molecule has 1 aromatic rings. The fourth-order valence-electron chi connectivity index (χ4n) is 2.25. The van der Waals surface area contributed by atoms with Gasteiger partial charge in [-0.3, -0.25) is 0 Å². The van der Waals surface area contributed by atoms with Crippen molar-refractivity contribution < 1.29 is 13.2 Å². The average Bonchev–Trinajstić information content (AvgIpc) is 2.52. The van der Waals surface area contributed by atoms with Gasteiger partial charge in [-0.25, -0.2) is 18.1 Å². The number of pyridine rings is 1. The molecule has 2 heterocycles. The van der Waals surface area contributed by atoms with Crippen LogP contribution in [0.3, 0.4) is 0 Å². The topological polar surface area (TPSA) is 71.5 Å². The van der Waals surface area contributed by atoms with Gasteiger partial charge in [-0.15, -0.1) is 0 Å². The van der Waals surface area contributed by atoms with Crippen LogP contribution in [-0.4, -0.2) is 46.2 Å². The van der Waals surface area contributed by atoms with Crippen molar-refractivity contribution in [3.63, 3.8) is 0 Å². The molecular formula is C15H23N3O3S. The van der Waals surface area contributed by atoms with Crippen molar-refractivity contribution in [1.82, 2.24) is 9.71 Å². The minimum Gasteiger partial charge on any atom is -0.380 e. The molecule has 6 nitrogen and oxygen atoms in total. The SMILES string of the molecule is C=C1CCN(c2cccc(S(=O)(=O)NCCOCC)n2)CC1. The van der Waals surface area contributed by atoms with E-state index >= 15 is 0 Å². The van der Waals surface area contributed by atoms with Gasteiger partial charge in [0.15, 0.2) is 5.03 Å². The lowest BCUT2D eigenvalue weighted by atomic mass is 10.1. The highest BCUT2D eigenvalue weighted by Crippen LogP contribution is 2.21. The molecule has 0 saturated carbocycles. The van der Waals surface area contributed by atoms with Gasteiger partial charge in [0.05, 0.1) is 6.61 Å². The summed E-state index contributed by atoms with van der Waals surface area (Å²) in [6.45, 7) is 8.66. The Labute approximate surface area is 132 Å². The third-order valence-electron chi connectivity index (χ3n) is 3.52. The van der Waals surface area contributed by atoms with Crippen molar-refractivity contribution in [2.24, 2.45) is 0 Å². The van der Waals surface area contributed by atoms with Gasteiger partial charge < -0.3 is 9.64 Å². The fraction of sp³-hybridized carbons (Fsp3) is 0.533. The van der Waals surface area contributed by atoms with E-state index in [9.17, 15) is 8.42 Å². The summed E-state index contributed by atoms with van der Waals surface area (Å²) in [4.78, 5) is 6.39. The monoisotopic (exact) mass is 325 g/mol. The number of aromatic nitrogens is 1. The molecule has 2 rings (SSSR count). The van der Waals surface area contributed by atoms with Crippen LogP contribution in [0.1, 0.15) is 19.8 Å². The molecule has 22 heavy (non-hydrogen) atoms. The minimum absolute atomic E-state index is 0.0471. The van der Waals surface area contributed by atoms with Gasteiger partial charge >= 0.3 is 0 Å². The van der Waals surface area contributed by atoms with Gasteiger partial charge in [0.25, 0.3) is 10.0 Å². The largest absolute Gasteiger partial charge is 0.380 e. The minimum atomic E-state index is -3.60. The van der Waals surface area contributed by atoms with Crippen LogP contribution in [0.2, 0.25) is 0 Å². The zero-order valence-electron chi connectivity index (χ0n) is 12.9. The van der Waals surface area contributed by atoms with Crippen LogP contribution in [0.5, 0.6) is 0 Å². The summed E-state index contributed by atoms with van der Waals surface area (Å²) < 4.78 is 32.1. The van der Waals surface area contributed by atoms with Crippen molar-refractivity contribution >= 4 is 15.8 Å². The Hall–Kier alpha value is -1.44. The van der Waals surface area contributed by atoms with Crippen LogP contribution in [0.25, 0.3) is 0 Å². The van der Waals surface area contributed by atoms with Crippen LogP contribution in [0.4, 0.5) is 5.82 Å². The van der Waals surface area contributed by atoms with Crippen molar-refractivity contribution in [2.45, 2.75) is 24.8 Å². The molecular weight excluding hydrogens is 302 g/mol. The van der Waals surface area contributed by atoms with E-state index in [4.69, 9.17) is 4.74 Å².